The van der Waals surface area contributed by atoms with Gasteiger partial charge in [0.15, 0.2) is 0 Å². The fraction of sp³-hybridized carbons (Fsp3) is 0.250. The number of imidazole rings is 1. The fourth-order valence-electron chi connectivity index (χ4n) is 2.76. The van der Waals surface area contributed by atoms with E-state index in [-0.39, 0.29) is 17.7 Å². The average Bonchev–Trinajstić information content (AvgIpc) is 3.07. The molecule has 3 aromatic rings. The second kappa shape index (κ2) is 8.22. The number of hydrogen-bond donors (Lipinski definition) is 3. The molecule has 0 radical (unpaired) electrons. The molecule has 0 saturated heterocycles. The second-order valence-corrected chi connectivity index (χ2v) is 6.88. The van der Waals surface area contributed by atoms with Gasteiger partial charge in [0.2, 0.25) is 11.9 Å². The summed E-state index contributed by atoms with van der Waals surface area (Å²) in [6.45, 7) is 3.89. The van der Waals surface area contributed by atoms with Crippen LogP contribution in [0.15, 0.2) is 48.5 Å². The molecule has 27 heavy (non-hydrogen) atoms. The molecule has 1 heterocycles. The highest BCUT2D eigenvalue weighted by Crippen LogP contribution is 2.16. The molecule has 0 saturated carbocycles. The molecule has 0 aliphatic heterocycles. The summed E-state index contributed by atoms with van der Waals surface area (Å²) in [5.74, 6) is -0.370. The Labute approximate surface area is 162 Å². The lowest BCUT2D eigenvalue weighted by atomic mass is 9.98. The minimum absolute atomic E-state index is 0.0579. The van der Waals surface area contributed by atoms with Gasteiger partial charge in [-0.2, -0.15) is 0 Å². The molecule has 0 aliphatic carbocycles. The Morgan fingerprint density at radius 3 is 2.67 bits per heavy atom. The number of fused-ring (bicyclic) bond motifs is 1. The molecule has 2 amide bonds. The van der Waals surface area contributed by atoms with E-state index in [0.717, 1.165) is 17.5 Å². The van der Waals surface area contributed by atoms with E-state index in [4.69, 9.17) is 11.6 Å². The Hall–Kier alpha value is -2.86. The van der Waals surface area contributed by atoms with E-state index in [2.05, 4.69) is 20.6 Å². The van der Waals surface area contributed by atoms with Crippen LogP contribution in [0.1, 0.15) is 30.6 Å². The molecule has 0 bridgehead atoms. The normalized spacial score (nSPS) is 13.1. The lowest BCUT2D eigenvalue weighted by Gasteiger charge is -2.23. The zero-order valence-corrected chi connectivity index (χ0v) is 15.9. The van der Waals surface area contributed by atoms with Crippen LogP contribution >= 0.6 is 11.6 Å². The van der Waals surface area contributed by atoms with E-state index in [9.17, 15) is 9.59 Å². The zero-order chi connectivity index (χ0) is 19.4. The zero-order valence-electron chi connectivity index (χ0n) is 15.1. The Bertz CT molecular complexity index is 936. The first-order valence-electron chi connectivity index (χ1n) is 8.80. The maximum absolute atomic E-state index is 12.8. The molecular weight excluding hydrogens is 364 g/mol. The number of carbonyl (C=O) groups excluding carboxylic acids is 2. The van der Waals surface area contributed by atoms with E-state index in [1.807, 2.05) is 38.1 Å². The minimum atomic E-state index is -0.699. The number of nitrogens with zero attached hydrogens (tertiary/aromatic N) is 1. The van der Waals surface area contributed by atoms with Gasteiger partial charge < -0.3 is 10.3 Å². The van der Waals surface area contributed by atoms with Gasteiger partial charge in [0, 0.05) is 10.6 Å². The number of nitrogens with one attached hydrogen (secondary N) is 3. The summed E-state index contributed by atoms with van der Waals surface area (Å²) in [4.78, 5) is 32.8. The Balaban J connectivity index is 1.77. The van der Waals surface area contributed by atoms with E-state index >= 15 is 0 Å². The number of aromatic nitrogens is 2. The number of benzene rings is 2. The van der Waals surface area contributed by atoms with Crippen molar-refractivity contribution in [3.63, 3.8) is 0 Å². The molecule has 2 atom stereocenters. The van der Waals surface area contributed by atoms with Gasteiger partial charge in [-0.05, 0) is 36.2 Å². The van der Waals surface area contributed by atoms with Crippen LogP contribution in [0, 0.1) is 5.92 Å². The third-order valence-corrected chi connectivity index (χ3v) is 4.73. The van der Waals surface area contributed by atoms with Crippen molar-refractivity contribution in [2.45, 2.75) is 26.3 Å². The van der Waals surface area contributed by atoms with Crippen LogP contribution in [-0.2, 0) is 4.79 Å². The van der Waals surface area contributed by atoms with Crippen molar-refractivity contribution in [2.24, 2.45) is 5.92 Å². The van der Waals surface area contributed by atoms with Gasteiger partial charge >= 0.3 is 0 Å². The number of halogens is 1. The summed E-state index contributed by atoms with van der Waals surface area (Å²) < 4.78 is 0. The molecule has 1 aromatic heterocycles. The van der Waals surface area contributed by atoms with Gasteiger partial charge in [0.05, 0.1) is 11.0 Å². The van der Waals surface area contributed by atoms with E-state index in [1.54, 1.807) is 24.3 Å². The average molecular weight is 385 g/mol. The molecule has 7 heteroatoms. The third-order valence-electron chi connectivity index (χ3n) is 4.50. The quantitative estimate of drug-likeness (QED) is 0.600. The summed E-state index contributed by atoms with van der Waals surface area (Å²) in [7, 11) is 0. The van der Waals surface area contributed by atoms with Gasteiger partial charge in [0.25, 0.3) is 5.91 Å². The minimum Gasteiger partial charge on any atom is -0.340 e. The molecule has 0 aliphatic rings. The van der Waals surface area contributed by atoms with Crippen molar-refractivity contribution in [1.82, 2.24) is 15.3 Å². The summed E-state index contributed by atoms with van der Waals surface area (Å²) in [6, 6.07) is 13.4. The smallest absolute Gasteiger partial charge is 0.251 e. The van der Waals surface area contributed by atoms with Gasteiger partial charge in [-0.3, -0.25) is 14.9 Å². The Morgan fingerprint density at radius 1 is 1.19 bits per heavy atom. The predicted octanol–water partition coefficient (Wildman–Crippen LogP) is 4.00. The van der Waals surface area contributed by atoms with Crippen molar-refractivity contribution in [1.29, 1.82) is 0 Å². The highest BCUT2D eigenvalue weighted by Gasteiger charge is 2.27. The van der Waals surface area contributed by atoms with Crippen LogP contribution in [-0.4, -0.2) is 27.8 Å². The topological polar surface area (TPSA) is 86.9 Å². The lowest BCUT2D eigenvalue weighted by Crippen LogP contribution is -2.47. The monoisotopic (exact) mass is 384 g/mol. The number of para-hydroxylation sites is 2. The molecule has 6 nitrogen and oxygen atoms in total. The molecule has 3 rings (SSSR count). The van der Waals surface area contributed by atoms with Crippen molar-refractivity contribution >= 4 is 40.4 Å². The number of amides is 2. The highest BCUT2D eigenvalue weighted by molar-refractivity contribution is 6.31. The van der Waals surface area contributed by atoms with Crippen LogP contribution in [0.2, 0.25) is 5.02 Å². The highest BCUT2D eigenvalue weighted by atomic mass is 35.5. The molecule has 3 N–H and O–H groups in total. The van der Waals surface area contributed by atoms with Crippen molar-refractivity contribution < 1.29 is 9.59 Å². The first-order valence-corrected chi connectivity index (χ1v) is 9.17. The molecule has 0 unspecified atom stereocenters. The van der Waals surface area contributed by atoms with Gasteiger partial charge in [0.1, 0.15) is 6.04 Å². The molecule has 140 valence electrons. The summed E-state index contributed by atoms with van der Waals surface area (Å²) in [5.41, 5.74) is 2.00. The van der Waals surface area contributed by atoms with Gasteiger partial charge in [-0.25, -0.2) is 4.98 Å². The van der Waals surface area contributed by atoms with Crippen LogP contribution in [0.5, 0.6) is 0 Å². The maximum atomic E-state index is 12.8. The van der Waals surface area contributed by atoms with Crippen LogP contribution in [0.3, 0.4) is 0 Å². The number of anilines is 1. The van der Waals surface area contributed by atoms with E-state index in [1.165, 1.54) is 0 Å². The second-order valence-electron chi connectivity index (χ2n) is 6.44. The molecule has 0 fully saturated rings. The standard InChI is InChI=1S/C20H21ClN4O2/c1-3-12(2)17(24-18(26)13-7-6-8-14(21)11-13)19(27)25-20-22-15-9-4-5-10-16(15)23-20/h4-12,17H,3H2,1-2H3,(H,24,26)(H2,22,23,25,27)/t12-,17-/m0/s1. The van der Waals surface area contributed by atoms with Gasteiger partial charge in [-0.1, -0.05) is 50.1 Å². The number of aromatic amines is 1. The van der Waals surface area contributed by atoms with Gasteiger partial charge in [-0.15, -0.1) is 0 Å². The number of rotatable bonds is 6. The number of carbonyl (C=O) groups is 2. The molecular formula is C20H21ClN4O2. The largest absolute Gasteiger partial charge is 0.340 e. The first-order chi connectivity index (χ1) is 13.0. The first kappa shape index (κ1) is 18.9. The SMILES string of the molecule is CC[C@H](C)[C@H](NC(=O)c1cccc(Cl)c1)C(=O)Nc1nc2ccccc2[nH]1. The summed E-state index contributed by atoms with van der Waals surface area (Å²) in [6.07, 6.45) is 0.730. The fourth-order valence-corrected chi connectivity index (χ4v) is 2.95. The van der Waals surface area contributed by atoms with Crippen molar-refractivity contribution in [3.05, 3.63) is 59.1 Å². The lowest BCUT2D eigenvalue weighted by molar-refractivity contribution is -0.119. The third kappa shape index (κ3) is 4.46. The van der Waals surface area contributed by atoms with E-state index in [0.29, 0.717) is 16.5 Å². The van der Waals surface area contributed by atoms with Crippen molar-refractivity contribution in [2.75, 3.05) is 5.32 Å². The Kier molecular flexibility index (Phi) is 5.76. The predicted molar refractivity (Wildman–Crippen MR) is 107 cm³/mol. The van der Waals surface area contributed by atoms with Crippen LogP contribution in [0.4, 0.5) is 5.95 Å². The van der Waals surface area contributed by atoms with E-state index < -0.39 is 6.04 Å². The molecule has 0 spiro atoms. The molecule has 2 aromatic carbocycles. The summed E-state index contributed by atoms with van der Waals surface area (Å²) >= 11 is 5.95. The number of H-pyrrole nitrogens is 1. The number of hydrogen-bond acceptors (Lipinski definition) is 3. The van der Waals surface area contributed by atoms with Crippen molar-refractivity contribution in [3.8, 4) is 0 Å². The maximum Gasteiger partial charge on any atom is 0.251 e. The van der Waals surface area contributed by atoms with Crippen LogP contribution < -0.4 is 10.6 Å². The Morgan fingerprint density at radius 2 is 1.96 bits per heavy atom. The summed E-state index contributed by atoms with van der Waals surface area (Å²) in [5, 5.41) is 6.05. The van der Waals surface area contributed by atoms with Crippen LogP contribution in [0.25, 0.3) is 11.0 Å².